The second-order valence-electron chi connectivity index (χ2n) is 6.81. The van der Waals surface area contributed by atoms with Crippen LogP contribution >= 0.6 is 23.4 Å². The van der Waals surface area contributed by atoms with Gasteiger partial charge in [0, 0.05) is 13.1 Å². The molecule has 0 aliphatic carbocycles. The van der Waals surface area contributed by atoms with Crippen molar-refractivity contribution in [2.45, 2.75) is 31.7 Å². The van der Waals surface area contributed by atoms with Crippen LogP contribution in [0.1, 0.15) is 36.0 Å². The molecule has 1 atom stereocenters. The summed E-state index contributed by atoms with van der Waals surface area (Å²) in [4.78, 5) is 31.8. The fraction of sp³-hybridized carbons (Fsp3) is 0.474. The van der Waals surface area contributed by atoms with Gasteiger partial charge in [-0.25, -0.2) is 5.10 Å². The van der Waals surface area contributed by atoms with Crippen molar-refractivity contribution in [3.63, 3.8) is 0 Å². The molecule has 1 aliphatic heterocycles. The van der Waals surface area contributed by atoms with Gasteiger partial charge >= 0.3 is 0 Å². The van der Waals surface area contributed by atoms with E-state index in [4.69, 9.17) is 11.6 Å². The van der Waals surface area contributed by atoms with Crippen molar-refractivity contribution in [2.24, 2.45) is 0 Å². The van der Waals surface area contributed by atoms with Crippen LogP contribution in [0.5, 0.6) is 0 Å². The Kier molecular flexibility index (Phi) is 7.76. The number of benzene rings is 1. The van der Waals surface area contributed by atoms with E-state index in [0.717, 1.165) is 31.7 Å². The SMILES string of the molecule is CSCCC(NC(=O)c1ccccc1Cl)C(=O)Nc1nc(N2CCCCC2)n[nH]1. The molecule has 1 saturated heterocycles. The van der Waals surface area contributed by atoms with Crippen molar-refractivity contribution in [2.75, 3.05) is 35.3 Å². The first-order chi connectivity index (χ1) is 14.1. The van der Waals surface area contributed by atoms with Gasteiger partial charge < -0.3 is 10.2 Å². The van der Waals surface area contributed by atoms with Crippen molar-refractivity contribution >= 4 is 47.1 Å². The molecule has 10 heteroatoms. The third-order valence-electron chi connectivity index (χ3n) is 4.71. The fourth-order valence-corrected chi connectivity index (χ4v) is 3.83. The highest BCUT2D eigenvalue weighted by atomic mass is 35.5. The molecule has 3 rings (SSSR count). The number of hydrogen-bond donors (Lipinski definition) is 3. The highest BCUT2D eigenvalue weighted by Crippen LogP contribution is 2.17. The van der Waals surface area contributed by atoms with E-state index in [2.05, 4.69) is 30.7 Å². The summed E-state index contributed by atoms with van der Waals surface area (Å²) >= 11 is 7.70. The molecule has 8 nitrogen and oxygen atoms in total. The number of amides is 2. The Balaban J connectivity index is 1.65. The van der Waals surface area contributed by atoms with Gasteiger partial charge in [-0.3, -0.25) is 14.9 Å². The Labute approximate surface area is 179 Å². The van der Waals surface area contributed by atoms with Crippen LogP contribution in [0, 0.1) is 0 Å². The summed E-state index contributed by atoms with van der Waals surface area (Å²) in [5.74, 6) is 0.845. The van der Waals surface area contributed by atoms with Crippen molar-refractivity contribution in [3.05, 3.63) is 34.9 Å². The number of nitrogens with one attached hydrogen (secondary N) is 3. The van der Waals surface area contributed by atoms with Crippen LogP contribution in [0.15, 0.2) is 24.3 Å². The van der Waals surface area contributed by atoms with E-state index >= 15 is 0 Å². The smallest absolute Gasteiger partial charge is 0.253 e. The minimum atomic E-state index is -0.713. The minimum Gasteiger partial charge on any atom is -0.340 e. The van der Waals surface area contributed by atoms with Crippen LogP contribution in [0.4, 0.5) is 11.9 Å². The normalized spacial score (nSPS) is 15.0. The molecule has 0 spiro atoms. The Morgan fingerprint density at radius 3 is 2.76 bits per heavy atom. The number of anilines is 2. The number of carbonyl (C=O) groups excluding carboxylic acids is 2. The van der Waals surface area contributed by atoms with E-state index in [1.54, 1.807) is 36.0 Å². The number of piperidine rings is 1. The molecule has 0 bridgehead atoms. The monoisotopic (exact) mass is 436 g/mol. The van der Waals surface area contributed by atoms with Gasteiger partial charge in [0.15, 0.2) is 0 Å². The summed E-state index contributed by atoms with van der Waals surface area (Å²) in [5.41, 5.74) is 0.336. The molecule has 1 aromatic heterocycles. The van der Waals surface area contributed by atoms with E-state index in [-0.39, 0.29) is 17.8 Å². The number of halogens is 1. The zero-order chi connectivity index (χ0) is 20.6. The lowest BCUT2D eigenvalue weighted by Gasteiger charge is -2.24. The molecule has 2 heterocycles. The first-order valence-electron chi connectivity index (χ1n) is 9.61. The molecular formula is C19H25ClN6O2S. The van der Waals surface area contributed by atoms with Gasteiger partial charge in [0.1, 0.15) is 6.04 Å². The Bertz CT molecular complexity index is 840. The van der Waals surface area contributed by atoms with Crippen molar-refractivity contribution in [3.8, 4) is 0 Å². The van der Waals surface area contributed by atoms with Crippen molar-refractivity contribution in [1.29, 1.82) is 0 Å². The molecule has 29 heavy (non-hydrogen) atoms. The zero-order valence-corrected chi connectivity index (χ0v) is 17.9. The number of H-pyrrole nitrogens is 1. The molecule has 156 valence electrons. The lowest BCUT2D eigenvalue weighted by molar-refractivity contribution is -0.118. The standard InChI is InChI=1S/C19H25ClN6O2S/c1-29-12-9-15(21-16(27)13-7-3-4-8-14(13)20)17(28)22-18-23-19(25-24-18)26-10-5-2-6-11-26/h3-4,7-8,15H,2,5-6,9-12H2,1H3,(H,21,27)(H2,22,23,24,25,28). The van der Waals surface area contributed by atoms with E-state index in [1.807, 2.05) is 6.26 Å². The number of carbonyl (C=O) groups is 2. The van der Waals surface area contributed by atoms with Gasteiger partial charge in [-0.1, -0.05) is 23.7 Å². The van der Waals surface area contributed by atoms with Crippen molar-refractivity contribution < 1.29 is 9.59 Å². The van der Waals surface area contributed by atoms with Crippen molar-refractivity contribution in [1.82, 2.24) is 20.5 Å². The van der Waals surface area contributed by atoms with E-state index in [0.29, 0.717) is 23.0 Å². The predicted molar refractivity (Wildman–Crippen MR) is 117 cm³/mol. The largest absolute Gasteiger partial charge is 0.340 e. The average molecular weight is 437 g/mol. The number of aromatic amines is 1. The first kappa shape index (κ1) is 21.4. The van der Waals surface area contributed by atoms with Gasteiger partial charge in [0.05, 0.1) is 10.6 Å². The summed E-state index contributed by atoms with van der Waals surface area (Å²) < 4.78 is 0. The number of aromatic nitrogens is 3. The molecule has 1 aliphatic rings. The summed E-state index contributed by atoms with van der Waals surface area (Å²) in [5, 5.41) is 12.8. The zero-order valence-electron chi connectivity index (χ0n) is 16.3. The highest BCUT2D eigenvalue weighted by molar-refractivity contribution is 7.98. The number of hydrogen-bond acceptors (Lipinski definition) is 6. The van der Waals surface area contributed by atoms with Gasteiger partial charge in [-0.2, -0.15) is 16.7 Å². The third kappa shape index (κ3) is 5.86. The maximum atomic E-state index is 12.8. The number of thioether (sulfide) groups is 1. The molecule has 0 saturated carbocycles. The lowest BCUT2D eigenvalue weighted by atomic mass is 10.1. The Morgan fingerprint density at radius 2 is 2.03 bits per heavy atom. The average Bonchev–Trinajstić information content (AvgIpc) is 3.20. The molecule has 3 N–H and O–H groups in total. The van der Waals surface area contributed by atoms with Gasteiger partial charge in [-0.05, 0) is 49.8 Å². The fourth-order valence-electron chi connectivity index (χ4n) is 3.13. The summed E-state index contributed by atoms with van der Waals surface area (Å²) in [6.45, 7) is 1.82. The topological polar surface area (TPSA) is 103 Å². The molecule has 2 aromatic rings. The van der Waals surface area contributed by atoms with Crippen LogP contribution in [-0.4, -0.2) is 58.1 Å². The minimum absolute atomic E-state index is 0.275. The van der Waals surface area contributed by atoms with Crippen LogP contribution in [0.25, 0.3) is 0 Å². The maximum Gasteiger partial charge on any atom is 0.253 e. The quantitative estimate of drug-likeness (QED) is 0.587. The predicted octanol–water partition coefficient (Wildman–Crippen LogP) is 2.94. The number of nitrogens with zero attached hydrogens (tertiary/aromatic N) is 3. The summed E-state index contributed by atoms with van der Waals surface area (Å²) in [7, 11) is 0. The molecule has 2 amide bonds. The number of rotatable bonds is 8. The lowest BCUT2D eigenvalue weighted by Crippen LogP contribution is -2.44. The molecular weight excluding hydrogens is 412 g/mol. The van der Waals surface area contributed by atoms with Gasteiger partial charge in [0.2, 0.25) is 17.8 Å². The summed E-state index contributed by atoms with van der Waals surface area (Å²) in [6.07, 6.45) is 5.87. The van der Waals surface area contributed by atoms with Crippen LogP contribution in [0.2, 0.25) is 5.02 Å². The molecule has 1 unspecified atom stereocenters. The van der Waals surface area contributed by atoms with Crippen LogP contribution in [-0.2, 0) is 4.79 Å². The van der Waals surface area contributed by atoms with Gasteiger partial charge in [0.25, 0.3) is 5.91 Å². The Morgan fingerprint density at radius 1 is 1.28 bits per heavy atom. The van der Waals surface area contributed by atoms with Crippen LogP contribution in [0.3, 0.4) is 0 Å². The van der Waals surface area contributed by atoms with E-state index in [9.17, 15) is 9.59 Å². The Hall–Kier alpha value is -2.26. The van der Waals surface area contributed by atoms with E-state index < -0.39 is 6.04 Å². The second kappa shape index (κ2) is 10.5. The van der Waals surface area contributed by atoms with Crippen LogP contribution < -0.4 is 15.5 Å². The first-order valence-corrected chi connectivity index (χ1v) is 11.4. The highest BCUT2D eigenvalue weighted by Gasteiger charge is 2.24. The van der Waals surface area contributed by atoms with E-state index in [1.165, 1.54) is 6.42 Å². The maximum absolute atomic E-state index is 12.8. The van der Waals surface area contributed by atoms with Gasteiger partial charge in [-0.15, -0.1) is 5.10 Å². The molecule has 1 fully saturated rings. The molecule has 0 radical (unpaired) electrons. The molecule has 1 aromatic carbocycles. The summed E-state index contributed by atoms with van der Waals surface area (Å²) in [6, 6.07) is 6.04. The second-order valence-corrected chi connectivity index (χ2v) is 8.20. The third-order valence-corrected chi connectivity index (χ3v) is 5.68.